The molecule has 0 radical (unpaired) electrons. The van der Waals surface area contributed by atoms with Crippen molar-refractivity contribution in [1.29, 1.82) is 0 Å². The van der Waals surface area contributed by atoms with Gasteiger partial charge in [-0.25, -0.2) is 4.98 Å². The van der Waals surface area contributed by atoms with Crippen molar-refractivity contribution in [3.63, 3.8) is 0 Å². The average molecular weight is 276 g/mol. The van der Waals surface area contributed by atoms with E-state index in [0.717, 1.165) is 17.8 Å². The third-order valence-electron chi connectivity index (χ3n) is 2.51. The van der Waals surface area contributed by atoms with Gasteiger partial charge >= 0.3 is 0 Å². The Balaban J connectivity index is 1.96. The molecule has 19 heavy (non-hydrogen) atoms. The summed E-state index contributed by atoms with van der Waals surface area (Å²) in [5.74, 6) is -0.00988. The molecule has 0 saturated heterocycles. The minimum atomic E-state index is -0.00988. The number of hydrogen-bond donors (Lipinski definition) is 1. The molecular weight excluding hydrogens is 260 g/mol. The molecule has 1 amide bonds. The van der Waals surface area contributed by atoms with Crippen LogP contribution in [0.15, 0.2) is 29.9 Å². The van der Waals surface area contributed by atoms with Crippen LogP contribution < -0.4 is 5.32 Å². The van der Waals surface area contributed by atoms with Crippen LogP contribution in [-0.4, -0.2) is 41.4 Å². The van der Waals surface area contributed by atoms with E-state index >= 15 is 0 Å². The quantitative estimate of drug-likeness (QED) is 0.908. The molecular formula is C13H16N4OS. The first-order valence-corrected chi connectivity index (χ1v) is 6.83. The van der Waals surface area contributed by atoms with Gasteiger partial charge in [-0.05, 0) is 26.2 Å². The summed E-state index contributed by atoms with van der Waals surface area (Å²) in [5.41, 5.74) is 1.86. The Labute approximate surface area is 116 Å². The molecule has 2 aromatic heterocycles. The maximum Gasteiger partial charge on any atom is 0.227 e. The molecule has 5 nitrogen and oxygen atoms in total. The second kappa shape index (κ2) is 6.40. The predicted octanol–water partition coefficient (Wildman–Crippen LogP) is 2.10. The normalized spacial score (nSPS) is 10.7. The average Bonchev–Trinajstić information content (AvgIpc) is 2.86. The fourth-order valence-corrected chi connectivity index (χ4v) is 2.23. The Bertz CT molecular complexity index is 539. The van der Waals surface area contributed by atoms with Gasteiger partial charge in [-0.1, -0.05) is 0 Å². The summed E-state index contributed by atoms with van der Waals surface area (Å²) in [5, 5.41) is 5.38. The molecule has 0 aliphatic heterocycles. The summed E-state index contributed by atoms with van der Waals surface area (Å²) in [6.45, 7) is 0.731. The van der Waals surface area contributed by atoms with E-state index in [4.69, 9.17) is 0 Å². The van der Waals surface area contributed by atoms with E-state index in [1.807, 2.05) is 36.5 Å². The molecule has 0 fully saturated rings. The summed E-state index contributed by atoms with van der Waals surface area (Å²) in [6.07, 6.45) is 3.92. The molecule has 0 aliphatic rings. The highest BCUT2D eigenvalue weighted by atomic mass is 32.1. The standard InChI is InChI=1S/C13H16N4OS/c1-17(2)8-5-12(18)16-13-15-11(9-19-13)10-3-6-14-7-4-10/h3-4,6-7,9H,5,8H2,1-2H3,(H,15,16,18). The molecule has 0 atom stereocenters. The zero-order chi connectivity index (χ0) is 13.7. The first-order valence-electron chi connectivity index (χ1n) is 5.95. The van der Waals surface area contributed by atoms with Crippen LogP contribution in [0.2, 0.25) is 0 Å². The molecule has 0 unspecified atom stereocenters. The Morgan fingerprint density at radius 2 is 2.11 bits per heavy atom. The van der Waals surface area contributed by atoms with Crippen LogP contribution in [0.1, 0.15) is 6.42 Å². The highest BCUT2D eigenvalue weighted by molar-refractivity contribution is 7.14. The summed E-state index contributed by atoms with van der Waals surface area (Å²) in [7, 11) is 3.89. The van der Waals surface area contributed by atoms with Gasteiger partial charge in [0.15, 0.2) is 5.13 Å². The van der Waals surface area contributed by atoms with Gasteiger partial charge in [-0.15, -0.1) is 11.3 Å². The molecule has 2 heterocycles. The number of anilines is 1. The monoisotopic (exact) mass is 276 g/mol. The third kappa shape index (κ3) is 4.11. The lowest BCUT2D eigenvalue weighted by molar-refractivity contribution is -0.116. The minimum Gasteiger partial charge on any atom is -0.309 e. The summed E-state index contributed by atoms with van der Waals surface area (Å²) in [6, 6.07) is 3.79. The Morgan fingerprint density at radius 1 is 1.37 bits per heavy atom. The number of carbonyl (C=O) groups excluding carboxylic acids is 1. The van der Waals surface area contributed by atoms with Crippen molar-refractivity contribution in [3.05, 3.63) is 29.9 Å². The van der Waals surface area contributed by atoms with Gasteiger partial charge in [0.1, 0.15) is 0 Å². The maximum absolute atomic E-state index is 11.7. The zero-order valence-corrected chi connectivity index (χ0v) is 11.8. The largest absolute Gasteiger partial charge is 0.309 e. The van der Waals surface area contributed by atoms with E-state index in [1.165, 1.54) is 11.3 Å². The number of thiazole rings is 1. The van der Waals surface area contributed by atoms with Crippen LogP contribution in [-0.2, 0) is 4.79 Å². The number of hydrogen-bond acceptors (Lipinski definition) is 5. The van der Waals surface area contributed by atoms with Gasteiger partial charge in [0.25, 0.3) is 0 Å². The van der Waals surface area contributed by atoms with Gasteiger partial charge in [0.2, 0.25) is 5.91 Å². The van der Waals surface area contributed by atoms with Crippen molar-refractivity contribution in [3.8, 4) is 11.3 Å². The second-order valence-electron chi connectivity index (χ2n) is 4.38. The fraction of sp³-hybridized carbons (Fsp3) is 0.308. The molecule has 0 bridgehead atoms. The second-order valence-corrected chi connectivity index (χ2v) is 5.23. The lowest BCUT2D eigenvalue weighted by atomic mass is 10.2. The zero-order valence-electron chi connectivity index (χ0n) is 11.0. The summed E-state index contributed by atoms with van der Waals surface area (Å²) in [4.78, 5) is 22.0. The number of nitrogens with one attached hydrogen (secondary N) is 1. The minimum absolute atomic E-state index is 0.00988. The predicted molar refractivity (Wildman–Crippen MR) is 77.1 cm³/mol. The van der Waals surface area contributed by atoms with Crippen molar-refractivity contribution in [2.24, 2.45) is 0 Å². The highest BCUT2D eigenvalue weighted by Crippen LogP contribution is 2.24. The van der Waals surface area contributed by atoms with Crippen LogP contribution in [0.4, 0.5) is 5.13 Å². The summed E-state index contributed by atoms with van der Waals surface area (Å²) < 4.78 is 0. The maximum atomic E-state index is 11.7. The van der Waals surface area contributed by atoms with Gasteiger partial charge in [-0.2, -0.15) is 0 Å². The Hall–Kier alpha value is -1.79. The van der Waals surface area contributed by atoms with Crippen LogP contribution >= 0.6 is 11.3 Å². The van der Waals surface area contributed by atoms with E-state index in [1.54, 1.807) is 12.4 Å². The Kier molecular flexibility index (Phi) is 4.59. The molecule has 2 aromatic rings. The van der Waals surface area contributed by atoms with E-state index in [-0.39, 0.29) is 5.91 Å². The van der Waals surface area contributed by atoms with Crippen molar-refractivity contribution >= 4 is 22.4 Å². The summed E-state index contributed by atoms with van der Waals surface area (Å²) >= 11 is 1.43. The van der Waals surface area contributed by atoms with E-state index in [0.29, 0.717) is 11.6 Å². The molecule has 0 aromatic carbocycles. The lowest BCUT2D eigenvalue weighted by Gasteiger charge is -2.08. The molecule has 2 rings (SSSR count). The van der Waals surface area contributed by atoms with Gasteiger partial charge < -0.3 is 10.2 Å². The van der Waals surface area contributed by atoms with Crippen LogP contribution in [0.5, 0.6) is 0 Å². The molecule has 1 N–H and O–H groups in total. The smallest absolute Gasteiger partial charge is 0.227 e. The third-order valence-corrected chi connectivity index (χ3v) is 3.27. The van der Waals surface area contributed by atoms with Crippen molar-refractivity contribution in [2.75, 3.05) is 26.0 Å². The van der Waals surface area contributed by atoms with Crippen molar-refractivity contribution in [2.45, 2.75) is 6.42 Å². The highest BCUT2D eigenvalue weighted by Gasteiger charge is 2.08. The van der Waals surface area contributed by atoms with E-state index in [9.17, 15) is 4.79 Å². The first-order chi connectivity index (χ1) is 9.15. The van der Waals surface area contributed by atoms with Crippen LogP contribution in [0.25, 0.3) is 11.3 Å². The van der Waals surface area contributed by atoms with Gasteiger partial charge in [0, 0.05) is 36.3 Å². The van der Waals surface area contributed by atoms with E-state index < -0.39 is 0 Å². The number of rotatable bonds is 5. The Morgan fingerprint density at radius 3 is 2.79 bits per heavy atom. The number of aromatic nitrogens is 2. The van der Waals surface area contributed by atoms with Crippen molar-refractivity contribution < 1.29 is 4.79 Å². The van der Waals surface area contributed by atoms with Crippen molar-refractivity contribution in [1.82, 2.24) is 14.9 Å². The lowest BCUT2D eigenvalue weighted by Crippen LogP contribution is -2.20. The van der Waals surface area contributed by atoms with Crippen LogP contribution in [0.3, 0.4) is 0 Å². The van der Waals surface area contributed by atoms with Gasteiger partial charge in [-0.3, -0.25) is 9.78 Å². The molecule has 6 heteroatoms. The fourth-order valence-electron chi connectivity index (χ4n) is 1.49. The van der Waals surface area contributed by atoms with Crippen LogP contribution in [0, 0.1) is 0 Å². The number of nitrogens with zero attached hydrogens (tertiary/aromatic N) is 3. The number of carbonyl (C=O) groups is 1. The molecule has 100 valence electrons. The van der Waals surface area contributed by atoms with Gasteiger partial charge in [0.05, 0.1) is 5.69 Å². The molecule has 0 spiro atoms. The molecule has 0 saturated carbocycles. The SMILES string of the molecule is CN(C)CCC(=O)Nc1nc(-c2ccncc2)cs1. The topological polar surface area (TPSA) is 58.1 Å². The van der Waals surface area contributed by atoms with E-state index in [2.05, 4.69) is 15.3 Å². The number of amides is 1. The first kappa shape index (κ1) is 13.6. The number of pyridine rings is 1. The molecule has 0 aliphatic carbocycles.